The molecule has 1 aliphatic carbocycles. The maximum Gasteiger partial charge on any atom is 0.158 e. The smallest absolute Gasteiger partial charge is 0.158 e. The lowest BCUT2D eigenvalue weighted by atomic mass is 10.4. The molecule has 0 aliphatic heterocycles. The molecule has 19 heavy (non-hydrogen) atoms. The van der Waals surface area contributed by atoms with Gasteiger partial charge in [-0.15, -0.1) is 0 Å². The molecule has 7 heteroatoms. The number of nitrogens with two attached hydrogens (primary N) is 1. The topological polar surface area (TPSA) is 94.3 Å². The van der Waals surface area contributed by atoms with Crippen LogP contribution in [0.25, 0.3) is 0 Å². The molecule has 0 aromatic carbocycles. The number of hydrazine groups is 1. The van der Waals surface area contributed by atoms with Crippen LogP contribution in [0.2, 0.25) is 0 Å². The number of methoxy groups -OCH3 is 1. The molecule has 0 atom stereocenters. The SMILES string of the molecule is COCc1nc(NN)cc(NCCOCC2CC2)n1. The molecule has 1 aliphatic rings. The van der Waals surface area contributed by atoms with Crippen molar-refractivity contribution in [3.63, 3.8) is 0 Å². The number of nitrogen functional groups attached to an aromatic ring is 1. The predicted octanol–water partition coefficient (Wildman–Crippen LogP) is 0.747. The molecule has 4 N–H and O–H groups in total. The summed E-state index contributed by atoms with van der Waals surface area (Å²) in [4.78, 5) is 8.49. The van der Waals surface area contributed by atoms with Crippen molar-refractivity contribution in [2.24, 2.45) is 11.8 Å². The van der Waals surface area contributed by atoms with E-state index in [4.69, 9.17) is 15.3 Å². The van der Waals surface area contributed by atoms with E-state index < -0.39 is 0 Å². The second-order valence-electron chi connectivity index (χ2n) is 4.58. The van der Waals surface area contributed by atoms with Gasteiger partial charge in [0.1, 0.15) is 18.2 Å². The van der Waals surface area contributed by atoms with E-state index in [-0.39, 0.29) is 0 Å². The zero-order chi connectivity index (χ0) is 13.5. The zero-order valence-corrected chi connectivity index (χ0v) is 11.2. The fraction of sp³-hybridized carbons (Fsp3) is 0.667. The Labute approximate surface area is 112 Å². The lowest BCUT2D eigenvalue weighted by molar-refractivity contribution is 0.134. The Bertz CT molecular complexity index is 398. The molecule has 0 unspecified atom stereocenters. The molecule has 0 amide bonds. The van der Waals surface area contributed by atoms with Crippen molar-refractivity contribution in [3.05, 3.63) is 11.9 Å². The second-order valence-corrected chi connectivity index (χ2v) is 4.58. The van der Waals surface area contributed by atoms with Gasteiger partial charge in [-0.2, -0.15) is 0 Å². The van der Waals surface area contributed by atoms with E-state index in [1.54, 1.807) is 13.2 Å². The number of hydrogen-bond donors (Lipinski definition) is 3. The minimum atomic E-state index is 0.350. The normalized spacial score (nSPS) is 14.4. The van der Waals surface area contributed by atoms with Gasteiger partial charge in [0.25, 0.3) is 0 Å². The van der Waals surface area contributed by atoms with Crippen molar-refractivity contribution in [1.82, 2.24) is 9.97 Å². The van der Waals surface area contributed by atoms with Crippen LogP contribution in [0.1, 0.15) is 18.7 Å². The number of hydrogen-bond acceptors (Lipinski definition) is 7. The highest BCUT2D eigenvalue weighted by Gasteiger charge is 2.20. The molecule has 1 heterocycles. The monoisotopic (exact) mass is 267 g/mol. The quantitative estimate of drug-likeness (QED) is 0.345. The van der Waals surface area contributed by atoms with E-state index in [0.29, 0.717) is 37.2 Å². The first-order valence-electron chi connectivity index (χ1n) is 6.47. The number of aromatic nitrogens is 2. The van der Waals surface area contributed by atoms with Crippen LogP contribution in [0.15, 0.2) is 6.07 Å². The third kappa shape index (κ3) is 4.98. The van der Waals surface area contributed by atoms with Gasteiger partial charge in [-0.05, 0) is 18.8 Å². The van der Waals surface area contributed by atoms with E-state index in [1.165, 1.54) is 12.8 Å². The van der Waals surface area contributed by atoms with Crippen molar-refractivity contribution in [2.45, 2.75) is 19.4 Å². The van der Waals surface area contributed by atoms with Gasteiger partial charge >= 0.3 is 0 Å². The Morgan fingerprint density at radius 2 is 2.16 bits per heavy atom. The number of rotatable bonds is 9. The summed E-state index contributed by atoms with van der Waals surface area (Å²) >= 11 is 0. The summed E-state index contributed by atoms with van der Waals surface area (Å²) in [6, 6.07) is 1.75. The third-order valence-corrected chi connectivity index (χ3v) is 2.80. The molecule has 1 saturated carbocycles. The lowest BCUT2D eigenvalue weighted by Gasteiger charge is -2.09. The van der Waals surface area contributed by atoms with Crippen molar-refractivity contribution in [2.75, 3.05) is 37.6 Å². The molecule has 0 saturated heterocycles. The summed E-state index contributed by atoms with van der Waals surface area (Å²) in [7, 11) is 1.60. The maximum absolute atomic E-state index is 5.54. The number of nitrogens with one attached hydrogen (secondary N) is 2. The van der Waals surface area contributed by atoms with Crippen LogP contribution in [0, 0.1) is 5.92 Å². The predicted molar refractivity (Wildman–Crippen MR) is 72.6 cm³/mol. The lowest BCUT2D eigenvalue weighted by Crippen LogP contribution is -2.15. The van der Waals surface area contributed by atoms with Crippen LogP contribution >= 0.6 is 0 Å². The zero-order valence-electron chi connectivity index (χ0n) is 11.2. The van der Waals surface area contributed by atoms with Crippen molar-refractivity contribution in [1.29, 1.82) is 0 Å². The molecule has 0 spiro atoms. The molecule has 7 nitrogen and oxygen atoms in total. The standard InChI is InChI=1S/C12H21N5O2/c1-18-8-12-15-10(6-11(16-12)17-13)14-4-5-19-7-9-2-3-9/h6,9H,2-5,7-8,13H2,1H3,(H2,14,15,16,17). The van der Waals surface area contributed by atoms with E-state index in [1.807, 2.05) is 0 Å². The highest BCUT2D eigenvalue weighted by atomic mass is 16.5. The molecule has 0 radical (unpaired) electrons. The van der Waals surface area contributed by atoms with Gasteiger partial charge in [-0.25, -0.2) is 15.8 Å². The van der Waals surface area contributed by atoms with Crippen LogP contribution in [-0.2, 0) is 16.1 Å². The van der Waals surface area contributed by atoms with Crippen LogP contribution in [0.3, 0.4) is 0 Å². The Morgan fingerprint density at radius 3 is 2.84 bits per heavy atom. The average molecular weight is 267 g/mol. The molecule has 0 bridgehead atoms. The van der Waals surface area contributed by atoms with Gasteiger partial charge in [0.15, 0.2) is 5.82 Å². The minimum absolute atomic E-state index is 0.350. The van der Waals surface area contributed by atoms with E-state index in [9.17, 15) is 0 Å². The number of nitrogens with zero attached hydrogens (tertiary/aromatic N) is 2. The van der Waals surface area contributed by atoms with Gasteiger partial charge < -0.3 is 20.2 Å². The summed E-state index contributed by atoms with van der Waals surface area (Å²) < 4.78 is 10.6. The number of ether oxygens (including phenoxy) is 2. The van der Waals surface area contributed by atoms with Gasteiger partial charge in [0.05, 0.1) is 6.61 Å². The van der Waals surface area contributed by atoms with Gasteiger partial charge in [0.2, 0.25) is 0 Å². The molecule has 2 rings (SSSR count). The van der Waals surface area contributed by atoms with Crippen molar-refractivity contribution < 1.29 is 9.47 Å². The van der Waals surface area contributed by atoms with Gasteiger partial charge in [-0.1, -0.05) is 0 Å². The molecule has 1 fully saturated rings. The fourth-order valence-electron chi connectivity index (χ4n) is 1.64. The van der Waals surface area contributed by atoms with Gasteiger partial charge in [0, 0.05) is 26.3 Å². The van der Waals surface area contributed by atoms with Crippen molar-refractivity contribution >= 4 is 11.6 Å². The van der Waals surface area contributed by atoms with Crippen LogP contribution in [0.4, 0.5) is 11.6 Å². The van der Waals surface area contributed by atoms with Crippen LogP contribution in [0.5, 0.6) is 0 Å². The average Bonchev–Trinajstić information content (AvgIpc) is 3.22. The Balaban J connectivity index is 1.78. The highest BCUT2D eigenvalue weighted by molar-refractivity contribution is 5.46. The molecular formula is C12H21N5O2. The summed E-state index contributed by atoms with van der Waals surface area (Å²) in [5, 5.41) is 3.19. The van der Waals surface area contributed by atoms with E-state index in [2.05, 4.69) is 20.7 Å². The highest BCUT2D eigenvalue weighted by Crippen LogP contribution is 2.28. The van der Waals surface area contributed by atoms with Crippen molar-refractivity contribution in [3.8, 4) is 0 Å². The van der Waals surface area contributed by atoms with E-state index in [0.717, 1.165) is 12.5 Å². The molecule has 1 aromatic heterocycles. The Morgan fingerprint density at radius 1 is 1.37 bits per heavy atom. The van der Waals surface area contributed by atoms with Crippen LogP contribution < -0.4 is 16.6 Å². The molecule has 1 aromatic rings. The van der Waals surface area contributed by atoms with Gasteiger partial charge in [-0.3, -0.25) is 0 Å². The molecule has 106 valence electrons. The maximum atomic E-state index is 5.54. The Kier molecular flexibility index (Phi) is 5.31. The summed E-state index contributed by atoms with van der Waals surface area (Å²) in [5.74, 6) is 8.01. The first kappa shape index (κ1) is 14.0. The Hall–Kier alpha value is -1.44. The van der Waals surface area contributed by atoms with E-state index >= 15 is 0 Å². The first-order chi connectivity index (χ1) is 9.31. The summed E-state index contributed by atoms with van der Waals surface area (Å²) in [6.07, 6.45) is 2.62. The second kappa shape index (κ2) is 7.22. The fourth-order valence-corrected chi connectivity index (χ4v) is 1.64. The first-order valence-corrected chi connectivity index (χ1v) is 6.47. The minimum Gasteiger partial charge on any atom is -0.379 e. The van der Waals surface area contributed by atoms with Crippen LogP contribution in [-0.4, -0.2) is 36.8 Å². The summed E-state index contributed by atoms with van der Waals surface area (Å²) in [5.41, 5.74) is 2.51. The third-order valence-electron chi connectivity index (χ3n) is 2.80. The number of anilines is 2. The largest absolute Gasteiger partial charge is 0.379 e. The molecular weight excluding hydrogens is 246 g/mol. The summed E-state index contributed by atoms with van der Waals surface area (Å²) in [6.45, 7) is 2.60.